The average molecular weight is 278 g/mol. The van der Waals surface area contributed by atoms with E-state index in [9.17, 15) is 0 Å². The van der Waals surface area contributed by atoms with E-state index in [1.807, 2.05) is 45.9 Å². The van der Waals surface area contributed by atoms with Gasteiger partial charge in [-0.2, -0.15) is 0 Å². The van der Waals surface area contributed by atoms with Gasteiger partial charge < -0.3 is 18.8 Å². The van der Waals surface area contributed by atoms with E-state index < -0.39 is 7.12 Å². The first-order valence-electron chi connectivity index (χ1n) is 6.82. The van der Waals surface area contributed by atoms with Crippen molar-refractivity contribution in [2.75, 3.05) is 14.2 Å². The normalized spacial score (nSPS) is 20.2. The Balaban J connectivity index is 2.37. The second-order valence-corrected chi connectivity index (χ2v) is 6.09. The Morgan fingerprint density at radius 2 is 1.65 bits per heavy atom. The highest BCUT2D eigenvalue weighted by atomic mass is 16.7. The summed E-state index contributed by atoms with van der Waals surface area (Å²) in [5.41, 5.74) is 1.30. The summed E-state index contributed by atoms with van der Waals surface area (Å²) in [5, 5.41) is 0. The fourth-order valence-electron chi connectivity index (χ4n) is 2.18. The van der Waals surface area contributed by atoms with Crippen molar-refractivity contribution in [1.82, 2.24) is 0 Å². The van der Waals surface area contributed by atoms with Crippen molar-refractivity contribution in [1.29, 1.82) is 0 Å². The first kappa shape index (κ1) is 15.4. The minimum absolute atomic E-state index is 0.356. The number of hydrogen-bond acceptors (Lipinski definition) is 4. The third-order valence-corrected chi connectivity index (χ3v) is 4.16. The van der Waals surface area contributed by atoms with Crippen molar-refractivity contribution >= 4 is 12.6 Å². The van der Waals surface area contributed by atoms with Crippen LogP contribution in [0, 0.1) is 0 Å². The molecule has 0 N–H and O–H groups in total. The summed E-state index contributed by atoms with van der Waals surface area (Å²) in [7, 11) is 2.93. The molecule has 0 aliphatic carbocycles. The van der Waals surface area contributed by atoms with Gasteiger partial charge in [0.05, 0.1) is 24.9 Å². The quantitative estimate of drug-likeness (QED) is 0.791. The van der Waals surface area contributed by atoms with Gasteiger partial charge in [-0.25, -0.2) is 0 Å². The van der Waals surface area contributed by atoms with Crippen LogP contribution in [0.15, 0.2) is 18.2 Å². The van der Waals surface area contributed by atoms with Gasteiger partial charge in [-0.15, -0.1) is 0 Å². The second-order valence-electron chi connectivity index (χ2n) is 6.09. The zero-order valence-electron chi connectivity index (χ0n) is 13.1. The summed E-state index contributed by atoms with van der Waals surface area (Å²) in [4.78, 5) is 0. The summed E-state index contributed by atoms with van der Waals surface area (Å²) in [6.45, 7) is 8.70. The van der Waals surface area contributed by atoms with E-state index in [0.29, 0.717) is 6.61 Å². The van der Waals surface area contributed by atoms with E-state index in [-0.39, 0.29) is 11.2 Å². The molecular weight excluding hydrogens is 255 g/mol. The van der Waals surface area contributed by atoms with Gasteiger partial charge in [0.25, 0.3) is 0 Å². The smallest absolute Gasteiger partial charge is 0.495 e. The highest BCUT2D eigenvalue weighted by Gasteiger charge is 2.52. The molecule has 1 aromatic rings. The van der Waals surface area contributed by atoms with Gasteiger partial charge in [-0.05, 0) is 50.9 Å². The maximum absolute atomic E-state index is 6.10. The molecular formula is C15H23BO4. The summed E-state index contributed by atoms with van der Waals surface area (Å²) >= 11 is 0. The van der Waals surface area contributed by atoms with Crippen LogP contribution in [0.3, 0.4) is 0 Å². The van der Waals surface area contributed by atoms with Crippen molar-refractivity contribution in [2.45, 2.75) is 45.5 Å². The maximum atomic E-state index is 6.10. The molecule has 5 heteroatoms. The van der Waals surface area contributed by atoms with E-state index in [1.54, 1.807) is 14.2 Å². The van der Waals surface area contributed by atoms with Crippen molar-refractivity contribution in [2.24, 2.45) is 0 Å². The molecule has 1 fully saturated rings. The van der Waals surface area contributed by atoms with E-state index in [4.69, 9.17) is 18.8 Å². The minimum Gasteiger partial charge on any atom is -0.497 e. The highest BCUT2D eigenvalue weighted by molar-refractivity contribution is 6.62. The lowest BCUT2D eigenvalue weighted by Gasteiger charge is -2.32. The number of methoxy groups -OCH3 is 2. The number of hydrogen-bond donors (Lipinski definition) is 0. The molecule has 1 aliphatic rings. The predicted octanol–water partition coefficient (Wildman–Crippen LogP) is 2.14. The summed E-state index contributed by atoms with van der Waals surface area (Å²) in [6, 6.07) is 5.86. The fourth-order valence-corrected chi connectivity index (χ4v) is 2.18. The van der Waals surface area contributed by atoms with E-state index in [0.717, 1.165) is 16.8 Å². The topological polar surface area (TPSA) is 36.9 Å². The van der Waals surface area contributed by atoms with Crippen LogP contribution >= 0.6 is 0 Å². The summed E-state index contributed by atoms with van der Waals surface area (Å²) < 4.78 is 22.8. The average Bonchev–Trinajstić information content (AvgIpc) is 2.59. The number of rotatable bonds is 4. The second kappa shape index (κ2) is 5.39. The van der Waals surface area contributed by atoms with Gasteiger partial charge in [-0.1, -0.05) is 6.07 Å². The lowest BCUT2D eigenvalue weighted by Crippen LogP contribution is -2.41. The standard InChI is InChI=1S/C15H23BO4/c1-14(2)15(3,4)20-16(19-14)13-9-12(18-6)8-7-11(13)10-17-5/h7-9H,10H2,1-6H3. The molecule has 0 bridgehead atoms. The molecule has 0 amide bonds. The van der Waals surface area contributed by atoms with Gasteiger partial charge in [0.15, 0.2) is 0 Å². The Hall–Kier alpha value is -1.04. The molecule has 20 heavy (non-hydrogen) atoms. The minimum atomic E-state index is -0.403. The van der Waals surface area contributed by atoms with Crippen LogP contribution in [0.25, 0.3) is 0 Å². The molecule has 1 aromatic carbocycles. The Labute approximate surface area is 121 Å². The van der Waals surface area contributed by atoms with E-state index in [1.165, 1.54) is 0 Å². The molecule has 0 atom stereocenters. The van der Waals surface area contributed by atoms with Crippen molar-refractivity contribution < 1.29 is 18.8 Å². The molecule has 4 nitrogen and oxygen atoms in total. The Bertz CT molecular complexity index is 469. The summed E-state index contributed by atoms with van der Waals surface area (Å²) in [5.74, 6) is 0.787. The SMILES string of the molecule is COCc1ccc(OC)cc1B1OC(C)(C)C(C)(C)O1. The Morgan fingerprint density at radius 1 is 1.05 bits per heavy atom. The van der Waals surface area contributed by atoms with Gasteiger partial charge in [0.1, 0.15) is 5.75 Å². The van der Waals surface area contributed by atoms with Crippen LogP contribution in [0.2, 0.25) is 0 Å². The van der Waals surface area contributed by atoms with Crippen LogP contribution in [0.1, 0.15) is 33.3 Å². The van der Waals surface area contributed by atoms with Crippen LogP contribution in [0.4, 0.5) is 0 Å². The molecule has 1 heterocycles. The molecule has 1 aliphatic heterocycles. The van der Waals surface area contributed by atoms with Crippen molar-refractivity contribution in [3.05, 3.63) is 23.8 Å². The molecule has 0 unspecified atom stereocenters. The largest absolute Gasteiger partial charge is 0.497 e. The van der Waals surface area contributed by atoms with Crippen molar-refractivity contribution in [3.8, 4) is 5.75 Å². The zero-order chi connectivity index (χ0) is 15.0. The molecule has 0 spiro atoms. The number of benzene rings is 1. The van der Waals surface area contributed by atoms with E-state index in [2.05, 4.69) is 0 Å². The van der Waals surface area contributed by atoms with Gasteiger partial charge >= 0.3 is 7.12 Å². The van der Waals surface area contributed by atoms with Gasteiger partial charge in [0.2, 0.25) is 0 Å². The molecule has 0 radical (unpaired) electrons. The van der Waals surface area contributed by atoms with Crippen LogP contribution < -0.4 is 10.2 Å². The molecule has 0 aromatic heterocycles. The fraction of sp³-hybridized carbons (Fsp3) is 0.600. The zero-order valence-corrected chi connectivity index (χ0v) is 13.1. The molecule has 2 rings (SSSR count). The maximum Gasteiger partial charge on any atom is 0.495 e. The molecule has 0 saturated carbocycles. The lowest BCUT2D eigenvalue weighted by molar-refractivity contribution is 0.00578. The molecule has 1 saturated heterocycles. The summed E-state index contributed by atoms with van der Waals surface area (Å²) in [6.07, 6.45) is 0. The third-order valence-electron chi connectivity index (χ3n) is 4.16. The van der Waals surface area contributed by atoms with Crippen molar-refractivity contribution in [3.63, 3.8) is 0 Å². The third kappa shape index (κ3) is 2.71. The van der Waals surface area contributed by atoms with Crippen LogP contribution in [-0.2, 0) is 20.7 Å². The first-order chi connectivity index (χ1) is 9.30. The molecule has 110 valence electrons. The van der Waals surface area contributed by atoms with Crippen LogP contribution in [0.5, 0.6) is 5.75 Å². The predicted molar refractivity (Wildman–Crippen MR) is 79.4 cm³/mol. The Morgan fingerprint density at radius 3 is 2.15 bits per heavy atom. The van der Waals surface area contributed by atoms with Gasteiger partial charge in [0, 0.05) is 7.11 Å². The van der Waals surface area contributed by atoms with Gasteiger partial charge in [-0.3, -0.25) is 0 Å². The number of ether oxygens (including phenoxy) is 2. The van der Waals surface area contributed by atoms with Crippen LogP contribution in [-0.4, -0.2) is 32.5 Å². The first-order valence-corrected chi connectivity index (χ1v) is 6.82. The Kier molecular flexibility index (Phi) is 4.14. The van der Waals surface area contributed by atoms with E-state index >= 15 is 0 Å². The lowest BCUT2D eigenvalue weighted by atomic mass is 9.76. The highest BCUT2D eigenvalue weighted by Crippen LogP contribution is 2.36. The monoisotopic (exact) mass is 278 g/mol.